The summed E-state index contributed by atoms with van der Waals surface area (Å²) in [5.74, 6) is 0.970. The molecule has 2 atom stereocenters. The van der Waals surface area contributed by atoms with E-state index in [9.17, 15) is 0 Å². The Morgan fingerprint density at radius 2 is 1.41 bits per heavy atom. The number of fused-ring (bicyclic) bond motifs is 1. The largest absolute Gasteiger partial charge is 0.0842 e. The summed E-state index contributed by atoms with van der Waals surface area (Å²) in [6.07, 6.45) is 20.2. The van der Waals surface area contributed by atoms with Crippen molar-refractivity contribution in [3.05, 3.63) is 245 Å². The first-order valence-corrected chi connectivity index (χ1v) is 28.8. The number of benzene rings is 7. The van der Waals surface area contributed by atoms with Crippen LogP contribution in [0.1, 0.15) is 193 Å². The smallest absolute Gasteiger partial charge is 0.0173 e. The Hall–Kier alpha value is -6.76. The monoisotopic (exact) mass is 987 g/mol. The lowest BCUT2D eigenvalue weighted by molar-refractivity contribution is 0.449. The maximum atomic E-state index is 2.68. The van der Waals surface area contributed by atoms with Gasteiger partial charge in [0.15, 0.2) is 0 Å². The summed E-state index contributed by atoms with van der Waals surface area (Å²) in [6, 6.07) is 45.6. The molecule has 0 saturated carbocycles. The summed E-state index contributed by atoms with van der Waals surface area (Å²) in [4.78, 5) is 0. The molecule has 14 rings (SSSR count). The average Bonchev–Trinajstić information content (AvgIpc) is 3.98. The summed E-state index contributed by atoms with van der Waals surface area (Å²) < 4.78 is 0. The van der Waals surface area contributed by atoms with Gasteiger partial charge in [-0.05, 0) is 170 Å². The van der Waals surface area contributed by atoms with Crippen LogP contribution < -0.4 is 10.4 Å². The third kappa shape index (κ3) is 6.08. The summed E-state index contributed by atoms with van der Waals surface area (Å²) >= 11 is 0. The molecule has 76 heavy (non-hydrogen) atoms. The van der Waals surface area contributed by atoms with Crippen LogP contribution in [0.15, 0.2) is 162 Å². The lowest BCUT2D eigenvalue weighted by Gasteiger charge is -2.48. The van der Waals surface area contributed by atoms with Gasteiger partial charge in [0.2, 0.25) is 0 Å². The Kier molecular flexibility index (Phi) is 9.98. The highest BCUT2D eigenvalue weighted by Gasteiger charge is 2.57. The molecule has 2 unspecified atom stereocenters. The Labute approximate surface area is 453 Å². The Bertz CT molecular complexity index is 4070. The van der Waals surface area contributed by atoms with Crippen molar-refractivity contribution in [1.29, 1.82) is 0 Å². The van der Waals surface area contributed by atoms with Crippen molar-refractivity contribution in [2.24, 2.45) is 5.92 Å². The third-order valence-electron chi connectivity index (χ3n) is 20.5. The Morgan fingerprint density at radius 1 is 0.645 bits per heavy atom. The number of allylic oxidation sites excluding steroid dienone is 9. The van der Waals surface area contributed by atoms with Gasteiger partial charge in [0.25, 0.3) is 0 Å². The molecule has 0 radical (unpaired) electrons. The van der Waals surface area contributed by atoms with E-state index in [-0.39, 0.29) is 27.1 Å². The van der Waals surface area contributed by atoms with E-state index in [0.717, 1.165) is 19.3 Å². The van der Waals surface area contributed by atoms with Crippen molar-refractivity contribution in [2.75, 3.05) is 0 Å². The quantitative estimate of drug-likeness (QED) is 0.142. The van der Waals surface area contributed by atoms with Crippen LogP contribution in [0.2, 0.25) is 0 Å². The van der Waals surface area contributed by atoms with Gasteiger partial charge >= 0.3 is 0 Å². The van der Waals surface area contributed by atoms with Crippen LogP contribution in [0, 0.1) is 5.92 Å². The van der Waals surface area contributed by atoms with Gasteiger partial charge in [-0.1, -0.05) is 247 Å². The van der Waals surface area contributed by atoms with Gasteiger partial charge < -0.3 is 0 Å². The second-order valence-electron chi connectivity index (χ2n) is 26.6. The van der Waals surface area contributed by atoms with Crippen molar-refractivity contribution in [2.45, 2.75) is 148 Å². The van der Waals surface area contributed by atoms with Gasteiger partial charge in [0.05, 0.1) is 0 Å². The second-order valence-corrected chi connectivity index (χ2v) is 26.6. The summed E-state index contributed by atoms with van der Waals surface area (Å²) in [6.45, 7) is 32.4. The fourth-order valence-electron chi connectivity index (χ4n) is 16.8. The average molecular weight is 987 g/mol. The van der Waals surface area contributed by atoms with Crippen LogP contribution in [0.4, 0.5) is 0 Å². The van der Waals surface area contributed by atoms with E-state index in [1.54, 1.807) is 22.3 Å². The first-order valence-electron chi connectivity index (χ1n) is 28.8. The molecule has 378 valence electrons. The number of hydrogen-bond donors (Lipinski definition) is 0. The third-order valence-corrected chi connectivity index (χ3v) is 20.5. The van der Waals surface area contributed by atoms with Crippen molar-refractivity contribution in [1.82, 2.24) is 0 Å². The summed E-state index contributed by atoms with van der Waals surface area (Å²) in [7, 11) is 0. The van der Waals surface area contributed by atoms with Crippen LogP contribution in [0.3, 0.4) is 0 Å². The molecule has 7 aliphatic carbocycles. The maximum Gasteiger partial charge on any atom is 0.0173 e. The standard InChI is InChI=1S/C76H74/c1-14-15-24-44-25-17-19-31-49(44)54-41-61-67-64-51(54)33-22-36-57(64)74(8,9)62-40-53(63(43(2)3)71(69(62)67)76(61,12)13)46-28-20-29-47(39-46)72(4,5)59-38-37-58-68-66-60(75(10,11)70(59)68)42-55(50-32-21-27-45-26-16-18-30-48(45)50)52-34-23-35-56(65(52)66)73(58,6)7/h15-20,22-31,33-43,64,67H,14,21,32H2,1-13H3. The van der Waals surface area contributed by atoms with E-state index < -0.39 is 0 Å². The van der Waals surface area contributed by atoms with Gasteiger partial charge in [0, 0.05) is 38.9 Å². The molecule has 7 aromatic carbocycles. The molecule has 0 saturated heterocycles. The molecule has 0 fully saturated rings. The number of rotatable bonds is 8. The Morgan fingerprint density at radius 3 is 2.21 bits per heavy atom. The predicted molar refractivity (Wildman–Crippen MR) is 324 cm³/mol. The molecule has 0 spiro atoms. The number of hydrogen-bond acceptors (Lipinski definition) is 0. The van der Waals surface area contributed by atoms with E-state index in [2.05, 4.69) is 248 Å². The van der Waals surface area contributed by atoms with E-state index in [1.165, 1.54) is 121 Å². The maximum absolute atomic E-state index is 2.68. The minimum Gasteiger partial charge on any atom is -0.0842 e. The molecule has 0 nitrogen and oxygen atoms in total. The normalized spacial score (nSPS) is 21.0. The molecule has 0 N–H and O–H groups in total. The van der Waals surface area contributed by atoms with Crippen LogP contribution in [0.25, 0.3) is 56.3 Å². The van der Waals surface area contributed by atoms with Crippen LogP contribution in [0.5, 0.6) is 0 Å². The van der Waals surface area contributed by atoms with Gasteiger partial charge in [0.1, 0.15) is 0 Å². The Balaban J connectivity index is 0.951. The fraction of sp³-hybridized carbons (Fsp3) is 0.316. The van der Waals surface area contributed by atoms with E-state index in [0.29, 0.717) is 17.8 Å². The molecule has 0 aromatic heterocycles. The van der Waals surface area contributed by atoms with Gasteiger partial charge in [-0.3, -0.25) is 0 Å². The molecule has 0 bridgehead atoms. The van der Waals surface area contributed by atoms with Crippen molar-refractivity contribution in [3.63, 3.8) is 0 Å². The molecule has 0 heteroatoms. The topological polar surface area (TPSA) is 0 Å². The van der Waals surface area contributed by atoms with Gasteiger partial charge in [-0.15, -0.1) is 0 Å². The highest BCUT2D eigenvalue weighted by atomic mass is 14.6. The first-order chi connectivity index (χ1) is 36.3. The van der Waals surface area contributed by atoms with Crippen LogP contribution in [-0.4, -0.2) is 0 Å². The molecule has 0 heterocycles. The van der Waals surface area contributed by atoms with Crippen molar-refractivity contribution < 1.29 is 0 Å². The second kappa shape index (κ2) is 15.9. The molecule has 7 aromatic rings. The minimum absolute atomic E-state index is 0.158. The molecule has 0 aliphatic heterocycles. The highest BCUT2D eigenvalue weighted by Crippen LogP contribution is 2.69. The molecule has 7 aliphatic rings. The van der Waals surface area contributed by atoms with Gasteiger partial charge in [-0.2, -0.15) is 0 Å². The lowest BCUT2D eigenvalue weighted by Crippen LogP contribution is -2.38. The zero-order chi connectivity index (χ0) is 52.7. The molecular formula is C76H74. The van der Waals surface area contributed by atoms with E-state index in [4.69, 9.17) is 0 Å². The zero-order valence-corrected chi connectivity index (χ0v) is 47.4. The fourth-order valence-corrected chi connectivity index (χ4v) is 16.8. The highest BCUT2D eigenvalue weighted by molar-refractivity contribution is 6.12. The van der Waals surface area contributed by atoms with Gasteiger partial charge in [-0.25, -0.2) is 0 Å². The van der Waals surface area contributed by atoms with Crippen LogP contribution >= 0.6 is 0 Å². The van der Waals surface area contributed by atoms with Crippen molar-refractivity contribution >= 4 is 34.1 Å². The lowest BCUT2D eigenvalue weighted by atomic mass is 9.55. The van der Waals surface area contributed by atoms with E-state index in [1.807, 2.05) is 0 Å². The van der Waals surface area contributed by atoms with Crippen molar-refractivity contribution in [3.8, 4) is 22.3 Å². The minimum atomic E-state index is -0.301. The SMILES string of the molecule is CCC=Cc1ccccc1C1=C2C=CC=C3C2C2C(=C1)C(C)(C)c1c(C(C)C)c(-c4cccc(C(C)(C)c5ccc6c7c5C(C)(C)c5cc(C8=c9ccccc9=CCC8)c8cccc(c8c5-7)C6(C)C)c4)cc(c12)C3(C)C. The zero-order valence-electron chi connectivity index (χ0n) is 47.4. The predicted octanol–water partition coefficient (Wildman–Crippen LogP) is 18.3. The first kappa shape index (κ1) is 47.7. The molecule has 0 amide bonds. The van der Waals surface area contributed by atoms with Crippen LogP contribution in [-0.2, 0) is 27.1 Å². The summed E-state index contributed by atoms with van der Waals surface area (Å²) in [5, 5.41) is 5.65. The van der Waals surface area contributed by atoms with E-state index >= 15 is 0 Å². The molecular weight excluding hydrogens is 913 g/mol. The summed E-state index contributed by atoms with van der Waals surface area (Å²) in [5.41, 5.74) is 31.3.